The van der Waals surface area contributed by atoms with Gasteiger partial charge in [-0.1, -0.05) is 64.6 Å². The number of rotatable bonds is 10. The molecule has 1 aromatic carbocycles. The molecule has 0 bridgehead atoms. The number of aryl methyl sites for hydroxylation is 1. The Balaban J connectivity index is 0.00000392. The summed E-state index contributed by atoms with van der Waals surface area (Å²) in [5.74, 6) is 1.42. The quantitative estimate of drug-likeness (QED) is 0.477. The molecule has 1 saturated carbocycles. The van der Waals surface area contributed by atoms with E-state index in [0.29, 0.717) is 17.1 Å². The normalized spacial score (nSPS) is 14.8. The SMILES string of the molecule is CNCCNCCCc1ccc(Cl)c(C(=O)NC[C]2CCCCCCC2)c1.[CH2].[CH2]. The number of carbonyl (C=O) groups excluding carboxylic acids is 1. The van der Waals surface area contributed by atoms with Crippen LogP contribution in [0.25, 0.3) is 0 Å². The Kier molecular flexibility index (Phi) is 16.0. The number of carbonyl (C=O) groups is 1. The van der Waals surface area contributed by atoms with E-state index in [1.54, 1.807) is 0 Å². The van der Waals surface area contributed by atoms with Gasteiger partial charge in [0.25, 0.3) is 5.91 Å². The summed E-state index contributed by atoms with van der Waals surface area (Å²) >= 11 is 6.29. The zero-order valence-corrected chi connectivity index (χ0v) is 18.9. The summed E-state index contributed by atoms with van der Waals surface area (Å²) in [4.78, 5) is 12.6. The summed E-state index contributed by atoms with van der Waals surface area (Å²) in [7, 11) is 1.96. The van der Waals surface area contributed by atoms with Crippen LogP contribution in [0.4, 0.5) is 0 Å². The molecule has 3 N–H and O–H groups in total. The molecule has 0 aliphatic heterocycles. The highest BCUT2D eigenvalue weighted by Gasteiger charge is 2.16. The zero-order chi connectivity index (χ0) is 19.3. The molecule has 5 radical (unpaired) electrons. The number of benzene rings is 1. The summed E-state index contributed by atoms with van der Waals surface area (Å²) in [6.45, 7) is 3.62. The third-order valence-corrected chi connectivity index (χ3v) is 5.54. The lowest BCUT2D eigenvalue weighted by Gasteiger charge is -2.19. The molecule has 0 heterocycles. The maximum Gasteiger partial charge on any atom is 0.252 e. The molecule has 1 aliphatic rings. The standard InChI is InChI=1S/C22H35ClN3O.2CH2/c1-24-14-15-25-13-7-10-18-11-12-21(23)20(16-18)22(27)26-17-19-8-5-3-2-4-6-9-19;;/h11-12,16,24-25H,2-10,13-15,17H2,1H3,(H,26,27);2*1H2. The van der Waals surface area contributed by atoms with Crippen LogP contribution in [0, 0.1) is 20.8 Å². The van der Waals surface area contributed by atoms with Gasteiger partial charge in [0.05, 0.1) is 10.6 Å². The van der Waals surface area contributed by atoms with E-state index in [4.69, 9.17) is 11.6 Å². The second-order valence-electron chi connectivity index (χ2n) is 7.47. The third kappa shape index (κ3) is 11.0. The summed E-state index contributed by atoms with van der Waals surface area (Å²) < 4.78 is 0. The molecule has 2 rings (SSSR count). The van der Waals surface area contributed by atoms with Crippen molar-refractivity contribution in [3.05, 3.63) is 55.1 Å². The highest BCUT2D eigenvalue weighted by atomic mass is 35.5. The predicted molar refractivity (Wildman–Crippen MR) is 125 cm³/mol. The Bertz CT molecular complexity index is 557. The molecule has 1 amide bonds. The number of halogens is 1. The van der Waals surface area contributed by atoms with Gasteiger partial charge in [-0.05, 0) is 62.9 Å². The van der Waals surface area contributed by atoms with Crippen LogP contribution >= 0.6 is 11.6 Å². The first kappa shape index (κ1) is 27.9. The van der Waals surface area contributed by atoms with E-state index in [0.717, 1.165) is 45.3 Å². The molecule has 0 unspecified atom stereocenters. The minimum absolute atomic E-state index is 0. The maximum atomic E-state index is 12.6. The third-order valence-electron chi connectivity index (χ3n) is 5.21. The summed E-state index contributed by atoms with van der Waals surface area (Å²) in [6.07, 6.45) is 10.8. The Hall–Kier alpha value is -1.10. The number of hydrogen-bond donors (Lipinski definition) is 3. The lowest BCUT2D eigenvalue weighted by atomic mass is 9.91. The van der Waals surface area contributed by atoms with Crippen molar-refractivity contribution in [2.24, 2.45) is 0 Å². The van der Waals surface area contributed by atoms with Gasteiger partial charge < -0.3 is 16.0 Å². The molecule has 29 heavy (non-hydrogen) atoms. The van der Waals surface area contributed by atoms with Crippen molar-refractivity contribution >= 4 is 17.5 Å². The molecule has 0 spiro atoms. The second-order valence-corrected chi connectivity index (χ2v) is 7.88. The maximum absolute atomic E-state index is 12.6. The van der Waals surface area contributed by atoms with Crippen LogP contribution in [0.15, 0.2) is 18.2 Å². The fourth-order valence-corrected chi connectivity index (χ4v) is 3.74. The monoisotopic (exact) mass is 420 g/mol. The first-order valence-electron chi connectivity index (χ1n) is 10.5. The van der Waals surface area contributed by atoms with Crippen LogP contribution < -0.4 is 16.0 Å². The molecule has 1 fully saturated rings. The average molecular weight is 421 g/mol. The number of likely N-dealkylation sites (N-methyl/N-ethyl adjacent to an activating group) is 1. The van der Waals surface area contributed by atoms with Gasteiger partial charge in [-0.15, -0.1) is 0 Å². The molecule has 5 heteroatoms. The number of amides is 1. The highest BCUT2D eigenvalue weighted by Crippen LogP contribution is 2.24. The summed E-state index contributed by atoms with van der Waals surface area (Å²) in [5, 5.41) is 10.2. The van der Waals surface area contributed by atoms with Crippen LogP contribution in [0.3, 0.4) is 0 Å². The molecule has 1 aromatic rings. The molecular formula is C24H39ClN3O. The largest absolute Gasteiger partial charge is 0.351 e. The van der Waals surface area contributed by atoms with Gasteiger partial charge in [0.1, 0.15) is 0 Å². The Morgan fingerprint density at radius 3 is 2.38 bits per heavy atom. The fraction of sp³-hybridized carbons (Fsp3) is 0.583. The van der Waals surface area contributed by atoms with Crippen molar-refractivity contribution in [3.63, 3.8) is 0 Å². The van der Waals surface area contributed by atoms with Crippen molar-refractivity contribution < 1.29 is 4.79 Å². The Morgan fingerprint density at radius 1 is 1.00 bits per heavy atom. The van der Waals surface area contributed by atoms with Gasteiger partial charge >= 0.3 is 0 Å². The molecule has 163 valence electrons. The topological polar surface area (TPSA) is 53.2 Å². The van der Waals surface area contributed by atoms with E-state index >= 15 is 0 Å². The van der Waals surface area contributed by atoms with Gasteiger partial charge in [0.2, 0.25) is 0 Å². The van der Waals surface area contributed by atoms with Gasteiger partial charge in [0.15, 0.2) is 0 Å². The highest BCUT2D eigenvalue weighted by molar-refractivity contribution is 6.33. The van der Waals surface area contributed by atoms with Gasteiger partial charge in [-0.2, -0.15) is 0 Å². The molecule has 0 saturated heterocycles. The van der Waals surface area contributed by atoms with Crippen LogP contribution in [0.1, 0.15) is 67.3 Å². The minimum Gasteiger partial charge on any atom is -0.351 e. The van der Waals surface area contributed by atoms with Crippen LogP contribution in [0.5, 0.6) is 0 Å². The molecule has 4 nitrogen and oxygen atoms in total. The molecule has 0 atom stereocenters. The first-order valence-corrected chi connectivity index (χ1v) is 10.8. The van der Waals surface area contributed by atoms with Gasteiger partial charge in [0, 0.05) is 19.6 Å². The smallest absolute Gasteiger partial charge is 0.252 e. The fourth-order valence-electron chi connectivity index (χ4n) is 3.54. The van der Waals surface area contributed by atoms with E-state index in [9.17, 15) is 4.79 Å². The van der Waals surface area contributed by atoms with E-state index in [1.165, 1.54) is 43.6 Å². The first-order chi connectivity index (χ1) is 13.2. The predicted octanol–water partition coefficient (Wildman–Crippen LogP) is 4.78. The summed E-state index contributed by atoms with van der Waals surface area (Å²) in [6, 6.07) is 5.83. The van der Waals surface area contributed by atoms with Crippen LogP contribution in [-0.2, 0) is 6.42 Å². The van der Waals surface area contributed by atoms with E-state index in [-0.39, 0.29) is 20.8 Å². The van der Waals surface area contributed by atoms with Crippen molar-refractivity contribution in [1.29, 1.82) is 0 Å². The zero-order valence-electron chi connectivity index (χ0n) is 18.1. The minimum atomic E-state index is -0.0523. The molecule has 0 aromatic heterocycles. The van der Waals surface area contributed by atoms with Crippen molar-refractivity contribution in [3.8, 4) is 0 Å². The summed E-state index contributed by atoms with van der Waals surface area (Å²) in [5.41, 5.74) is 1.77. The number of nitrogens with one attached hydrogen (secondary N) is 3. The van der Waals surface area contributed by atoms with Gasteiger partial charge in [-0.3, -0.25) is 4.79 Å². The number of hydrogen-bond acceptors (Lipinski definition) is 3. The van der Waals surface area contributed by atoms with E-state index < -0.39 is 0 Å². The van der Waals surface area contributed by atoms with Crippen molar-refractivity contribution in [1.82, 2.24) is 16.0 Å². The van der Waals surface area contributed by atoms with E-state index in [2.05, 4.69) is 16.0 Å². The van der Waals surface area contributed by atoms with Gasteiger partial charge in [-0.25, -0.2) is 0 Å². The van der Waals surface area contributed by atoms with E-state index in [1.807, 2.05) is 25.2 Å². The second kappa shape index (κ2) is 16.7. The Labute approximate surface area is 184 Å². The van der Waals surface area contributed by atoms with Crippen LogP contribution in [-0.4, -0.2) is 39.1 Å². The lowest BCUT2D eigenvalue weighted by Crippen LogP contribution is -2.29. The average Bonchev–Trinajstić information content (AvgIpc) is 2.64. The molecule has 1 aliphatic carbocycles. The molecular weight excluding hydrogens is 382 g/mol. The Morgan fingerprint density at radius 2 is 1.69 bits per heavy atom. The van der Waals surface area contributed by atoms with Crippen LogP contribution in [0.2, 0.25) is 5.02 Å². The van der Waals surface area contributed by atoms with Crippen molar-refractivity contribution in [2.45, 2.75) is 57.8 Å². The van der Waals surface area contributed by atoms with Crippen molar-refractivity contribution in [2.75, 3.05) is 33.2 Å². The lowest BCUT2D eigenvalue weighted by molar-refractivity contribution is 0.0954.